The minimum Gasteiger partial charge on any atom is -0.352 e. The molecule has 3 rings (SSSR count). The number of nitrogen functional groups attached to an aromatic ring is 1. The summed E-state index contributed by atoms with van der Waals surface area (Å²) in [5.74, 6) is 6.58. The van der Waals surface area contributed by atoms with Gasteiger partial charge in [0.15, 0.2) is 5.82 Å². The van der Waals surface area contributed by atoms with Gasteiger partial charge in [-0.05, 0) is 44.0 Å². The monoisotopic (exact) mass is 337 g/mol. The molecule has 0 bridgehead atoms. The van der Waals surface area contributed by atoms with Crippen LogP contribution in [0.25, 0.3) is 11.4 Å². The Morgan fingerprint density at radius 1 is 1.41 bits per heavy atom. The Labute approximate surface area is 137 Å². The van der Waals surface area contributed by atoms with E-state index in [-0.39, 0.29) is 11.2 Å². The van der Waals surface area contributed by atoms with Gasteiger partial charge in [0.25, 0.3) is 0 Å². The highest BCUT2D eigenvalue weighted by Gasteiger charge is 2.27. The lowest BCUT2D eigenvalue weighted by atomic mass is 10.2. The summed E-state index contributed by atoms with van der Waals surface area (Å²) in [6.07, 6.45) is 2.13. The maximum absolute atomic E-state index is 12.0. The number of nitrogens with one attached hydrogen (secondary N) is 1. The smallest absolute Gasteiger partial charge is 0.233 e. The summed E-state index contributed by atoms with van der Waals surface area (Å²) < 4.78 is 1.40. The molecule has 6 nitrogen and oxygen atoms in total. The maximum atomic E-state index is 12.0. The molecular weight excluding hydrogens is 322 g/mol. The predicted octanol–water partition coefficient (Wildman–Crippen LogP) is 2.07. The lowest BCUT2D eigenvalue weighted by molar-refractivity contribution is -0.120. The van der Waals surface area contributed by atoms with Crippen LogP contribution in [-0.4, -0.2) is 32.1 Å². The topological polar surface area (TPSA) is 85.8 Å². The Kier molecular flexibility index (Phi) is 4.26. The average molecular weight is 338 g/mol. The molecule has 1 aromatic heterocycles. The molecule has 0 aliphatic heterocycles. The molecule has 1 aromatic carbocycles. The van der Waals surface area contributed by atoms with Crippen molar-refractivity contribution in [2.75, 3.05) is 5.84 Å². The number of rotatable bonds is 5. The van der Waals surface area contributed by atoms with E-state index in [1.54, 1.807) is 12.1 Å². The first kappa shape index (κ1) is 15.2. The molecule has 116 valence electrons. The molecule has 3 N–H and O–H groups in total. The zero-order valence-electron chi connectivity index (χ0n) is 12.0. The van der Waals surface area contributed by atoms with Crippen LogP contribution in [-0.2, 0) is 4.79 Å². The number of hydrogen-bond acceptors (Lipinski definition) is 5. The number of halogens is 1. The first-order valence-corrected chi connectivity index (χ1v) is 8.24. The summed E-state index contributed by atoms with van der Waals surface area (Å²) in [7, 11) is 0. The summed E-state index contributed by atoms with van der Waals surface area (Å²) in [4.78, 5) is 12.0. The molecule has 22 heavy (non-hydrogen) atoms. The molecule has 1 amide bonds. The van der Waals surface area contributed by atoms with Crippen LogP contribution in [0.1, 0.15) is 19.8 Å². The normalized spacial score (nSPS) is 15.5. The summed E-state index contributed by atoms with van der Waals surface area (Å²) in [6, 6.07) is 7.53. The van der Waals surface area contributed by atoms with E-state index in [1.807, 2.05) is 19.1 Å². The Morgan fingerprint density at radius 2 is 2.09 bits per heavy atom. The third-order valence-electron chi connectivity index (χ3n) is 3.34. The Morgan fingerprint density at radius 3 is 2.73 bits per heavy atom. The molecule has 1 fully saturated rings. The molecule has 1 aliphatic rings. The largest absolute Gasteiger partial charge is 0.352 e. The molecule has 1 heterocycles. The number of amides is 1. The lowest BCUT2D eigenvalue weighted by Gasteiger charge is -2.10. The van der Waals surface area contributed by atoms with Crippen LogP contribution < -0.4 is 11.2 Å². The molecule has 0 spiro atoms. The summed E-state index contributed by atoms with van der Waals surface area (Å²) in [5, 5.41) is 12.0. The number of thioether (sulfide) groups is 1. The van der Waals surface area contributed by atoms with Crippen molar-refractivity contribution in [3.05, 3.63) is 29.3 Å². The fourth-order valence-electron chi connectivity index (χ4n) is 1.91. The Bertz CT molecular complexity index is 683. The summed E-state index contributed by atoms with van der Waals surface area (Å²) >= 11 is 7.16. The van der Waals surface area contributed by atoms with E-state index in [4.69, 9.17) is 17.4 Å². The van der Waals surface area contributed by atoms with E-state index in [2.05, 4.69) is 15.5 Å². The Hall–Kier alpha value is -1.73. The highest BCUT2D eigenvalue weighted by molar-refractivity contribution is 8.00. The van der Waals surface area contributed by atoms with Gasteiger partial charge in [0.2, 0.25) is 11.1 Å². The van der Waals surface area contributed by atoms with Gasteiger partial charge in [-0.25, -0.2) is 4.68 Å². The molecule has 0 saturated heterocycles. The van der Waals surface area contributed by atoms with Gasteiger partial charge in [0.1, 0.15) is 0 Å². The minimum absolute atomic E-state index is 0.00328. The van der Waals surface area contributed by atoms with Gasteiger partial charge in [-0.15, -0.1) is 10.2 Å². The van der Waals surface area contributed by atoms with Crippen molar-refractivity contribution in [1.82, 2.24) is 20.2 Å². The van der Waals surface area contributed by atoms with Gasteiger partial charge in [0, 0.05) is 16.6 Å². The van der Waals surface area contributed by atoms with E-state index in [0.29, 0.717) is 22.0 Å². The number of nitrogens with zero attached hydrogens (tertiary/aromatic N) is 3. The van der Waals surface area contributed by atoms with Crippen molar-refractivity contribution >= 4 is 29.3 Å². The van der Waals surface area contributed by atoms with Crippen LogP contribution in [0.15, 0.2) is 29.4 Å². The quantitative estimate of drug-likeness (QED) is 0.644. The number of hydrogen-bond donors (Lipinski definition) is 2. The average Bonchev–Trinajstić information content (AvgIpc) is 3.24. The van der Waals surface area contributed by atoms with Crippen molar-refractivity contribution < 1.29 is 4.79 Å². The zero-order chi connectivity index (χ0) is 15.7. The van der Waals surface area contributed by atoms with Crippen LogP contribution in [0.4, 0.5) is 0 Å². The van der Waals surface area contributed by atoms with Crippen LogP contribution >= 0.6 is 23.4 Å². The standard InChI is InChI=1S/C14H16ClN5OS/c1-8(13(21)17-11-6-7-11)22-14-19-18-12(20(14)16)9-2-4-10(15)5-3-9/h2-5,8,11H,6-7,16H2,1H3,(H,17,21)/t8-/m0/s1. The first-order chi connectivity index (χ1) is 10.5. The second-order valence-corrected chi connectivity index (χ2v) is 6.97. The van der Waals surface area contributed by atoms with Crippen LogP contribution in [0.3, 0.4) is 0 Å². The van der Waals surface area contributed by atoms with Gasteiger partial charge in [-0.1, -0.05) is 23.4 Å². The third kappa shape index (κ3) is 3.36. The minimum atomic E-state index is -0.273. The van der Waals surface area contributed by atoms with Crippen LogP contribution in [0.2, 0.25) is 5.02 Å². The highest BCUT2D eigenvalue weighted by atomic mass is 35.5. The van der Waals surface area contributed by atoms with Gasteiger partial charge in [0.05, 0.1) is 5.25 Å². The van der Waals surface area contributed by atoms with Crippen molar-refractivity contribution in [2.24, 2.45) is 0 Å². The van der Waals surface area contributed by atoms with E-state index in [1.165, 1.54) is 16.4 Å². The number of benzene rings is 1. The summed E-state index contributed by atoms with van der Waals surface area (Å²) in [5.41, 5.74) is 0.821. The molecule has 0 unspecified atom stereocenters. The van der Waals surface area contributed by atoms with E-state index >= 15 is 0 Å². The lowest BCUT2D eigenvalue weighted by Crippen LogP contribution is -2.32. The number of carbonyl (C=O) groups is 1. The molecule has 8 heteroatoms. The van der Waals surface area contributed by atoms with Crippen molar-refractivity contribution in [1.29, 1.82) is 0 Å². The van der Waals surface area contributed by atoms with Gasteiger partial charge < -0.3 is 11.2 Å². The van der Waals surface area contributed by atoms with Gasteiger partial charge in [-0.3, -0.25) is 4.79 Å². The van der Waals surface area contributed by atoms with E-state index in [0.717, 1.165) is 18.4 Å². The highest BCUT2D eigenvalue weighted by Crippen LogP contribution is 2.26. The Balaban J connectivity index is 1.72. The van der Waals surface area contributed by atoms with Gasteiger partial charge >= 0.3 is 0 Å². The van der Waals surface area contributed by atoms with E-state index < -0.39 is 0 Å². The fourth-order valence-corrected chi connectivity index (χ4v) is 2.82. The zero-order valence-corrected chi connectivity index (χ0v) is 13.6. The second-order valence-electron chi connectivity index (χ2n) is 5.23. The number of aromatic nitrogens is 3. The van der Waals surface area contributed by atoms with Crippen LogP contribution in [0.5, 0.6) is 0 Å². The third-order valence-corrected chi connectivity index (χ3v) is 4.65. The number of nitrogens with two attached hydrogens (primary N) is 1. The van der Waals surface area contributed by atoms with Crippen LogP contribution in [0, 0.1) is 0 Å². The SMILES string of the molecule is C[C@H](Sc1nnc(-c2ccc(Cl)cc2)n1N)C(=O)NC1CC1. The van der Waals surface area contributed by atoms with Gasteiger partial charge in [-0.2, -0.15) is 0 Å². The molecular formula is C14H16ClN5OS. The maximum Gasteiger partial charge on any atom is 0.233 e. The van der Waals surface area contributed by atoms with Crippen molar-refractivity contribution in [2.45, 2.75) is 36.2 Å². The molecule has 2 aromatic rings. The number of carbonyl (C=O) groups excluding carboxylic acids is 1. The summed E-state index contributed by atoms with van der Waals surface area (Å²) in [6.45, 7) is 1.83. The molecule has 1 atom stereocenters. The fraction of sp³-hybridized carbons (Fsp3) is 0.357. The molecule has 1 saturated carbocycles. The molecule has 0 radical (unpaired) electrons. The van der Waals surface area contributed by atoms with Crippen molar-refractivity contribution in [3.8, 4) is 11.4 Å². The second kappa shape index (κ2) is 6.18. The predicted molar refractivity (Wildman–Crippen MR) is 87.1 cm³/mol. The first-order valence-electron chi connectivity index (χ1n) is 6.98. The van der Waals surface area contributed by atoms with Crippen molar-refractivity contribution in [3.63, 3.8) is 0 Å². The van der Waals surface area contributed by atoms with E-state index in [9.17, 15) is 4.79 Å². The molecule has 1 aliphatic carbocycles.